The van der Waals surface area contributed by atoms with E-state index in [1.807, 2.05) is 30.5 Å². The van der Waals surface area contributed by atoms with Gasteiger partial charge in [-0.1, -0.05) is 35.5 Å². The van der Waals surface area contributed by atoms with Crippen molar-refractivity contribution >= 4 is 62.5 Å². The van der Waals surface area contributed by atoms with Gasteiger partial charge in [-0.3, -0.25) is 4.99 Å². The highest BCUT2D eigenvalue weighted by molar-refractivity contribution is 8.93. The predicted octanol–water partition coefficient (Wildman–Crippen LogP) is 4.40. The number of rotatable bonds is 6. The molecule has 1 heterocycles. The lowest BCUT2D eigenvalue weighted by molar-refractivity contribution is 0.903. The quantitative estimate of drug-likeness (QED) is 0.374. The largest absolute Gasteiger partial charge is 0.379 e. The average Bonchev–Trinajstić information content (AvgIpc) is 2.95. The number of nitrogens with two attached hydrogens (primary N) is 1. The molecule has 0 aliphatic carbocycles. The minimum absolute atomic E-state index is 0. The maximum absolute atomic E-state index is 5.92. The molecule has 0 aliphatic rings. The molecule has 0 saturated carbocycles. The summed E-state index contributed by atoms with van der Waals surface area (Å²) in [6.45, 7) is 0.569. The third kappa shape index (κ3) is 8.22. The fraction of sp³-hybridized carbons (Fsp3) is 0.286. The molecule has 1 aromatic heterocycles. The molecule has 0 spiro atoms. The van der Waals surface area contributed by atoms with Crippen LogP contribution in [0.25, 0.3) is 0 Å². The Bertz CT molecular complexity index is 564. The van der Waals surface area contributed by atoms with Crippen LogP contribution < -0.4 is 5.73 Å². The van der Waals surface area contributed by atoms with Gasteiger partial charge < -0.3 is 10.7 Å². The van der Waals surface area contributed by atoms with Crippen LogP contribution in [0, 0.1) is 0 Å². The third-order valence-electron chi connectivity index (χ3n) is 2.70. The fourth-order valence-electron chi connectivity index (χ4n) is 1.71. The number of imidazole rings is 1. The first-order chi connectivity index (χ1) is 9.74. The summed E-state index contributed by atoms with van der Waals surface area (Å²) in [4.78, 5) is 11.4. The van der Waals surface area contributed by atoms with Crippen LogP contribution in [0.15, 0.2) is 41.8 Å². The maximum Gasteiger partial charge on any atom is 0.154 e. The number of aryl methyl sites for hydroxylation is 1. The van der Waals surface area contributed by atoms with Gasteiger partial charge in [-0.2, -0.15) is 0 Å². The molecule has 0 unspecified atom stereocenters. The molecule has 122 valence electrons. The number of nitrogens with one attached hydrogen (secondary N) is 1. The van der Waals surface area contributed by atoms with E-state index >= 15 is 0 Å². The highest BCUT2D eigenvalue weighted by atomic mass is 79.9. The van der Waals surface area contributed by atoms with E-state index in [2.05, 4.69) is 15.0 Å². The van der Waals surface area contributed by atoms with Crippen molar-refractivity contribution in [1.29, 1.82) is 0 Å². The molecule has 0 radical (unpaired) electrons. The Labute approximate surface area is 160 Å². The molecule has 0 amide bonds. The van der Waals surface area contributed by atoms with Crippen LogP contribution in [0.4, 0.5) is 0 Å². The summed E-state index contributed by atoms with van der Waals surface area (Å²) in [5.74, 6) is 0.948. The number of aromatic amines is 1. The molecule has 1 aromatic carbocycles. The molecule has 0 bridgehead atoms. The van der Waals surface area contributed by atoms with Crippen LogP contribution in [0.1, 0.15) is 17.7 Å². The number of benzene rings is 1. The van der Waals surface area contributed by atoms with Crippen molar-refractivity contribution in [1.82, 2.24) is 9.97 Å². The number of thioether (sulfide) groups is 1. The Hall–Kier alpha value is -0.500. The first-order valence-electron chi connectivity index (χ1n) is 6.38. The molecule has 4 nitrogen and oxygen atoms in total. The van der Waals surface area contributed by atoms with E-state index in [0.717, 1.165) is 34.9 Å². The van der Waals surface area contributed by atoms with E-state index in [1.165, 1.54) is 0 Å². The Kier molecular flexibility index (Phi) is 11.7. The van der Waals surface area contributed by atoms with Crippen LogP contribution in [0.2, 0.25) is 5.02 Å². The van der Waals surface area contributed by atoms with Gasteiger partial charge in [0.1, 0.15) is 0 Å². The number of aliphatic imine (C=N–C) groups is 1. The van der Waals surface area contributed by atoms with Gasteiger partial charge in [0.2, 0.25) is 0 Å². The van der Waals surface area contributed by atoms with Gasteiger partial charge >= 0.3 is 0 Å². The van der Waals surface area contributed by atoms with Gasteiger partial charge in [0.25, 0.3) is 0 Å². The van der Waals surface area contributed by atoms with Crippen LogP contribution in [0.3, 0.4) is 0 Å². The van der Waals surface area contributed by atoms with E-state index in [1.54, 1.807) is 18.1 Å². The van der Waals surface area contributed by atoms with Gasteiger partial charge in [0.15, 0.2) is 5.17 Å². The van der Waals surface area contributed by atoms with E-state index in [4.69, 9.17) is 17.3 Å². The summed E-state index contributed by atoms with van der Waals surface area (Å²) in [6.07, 6.45) is 5.57. The summed E-state index contributed by atoms with van der Waals surface area (Å²) in [5, 5.41) is 1.35. The summed E-state index contributed by atoms with van der Waals surface area (Å²) < 4.78 is 0. The lowest BCUT2D eigenvalue weighted by atomic mass is 10.2. The molecule has 0 atom stereocenters. The van der Waals surface area contributed by atoms with Crippen molar-refractivity contribution in [2.45, 2.75) is 19.4 Å². The van der Waals surface area contributed by atoms with Gasteiger partial charge in [-0.05, 0) is 30.5 Å². The van der Waals surface area contributed by atoms with Crippen LogP contribution in [0.5, 0.6) is 0 Å². The maximum atomic E-state index is 5.92. The fourth-order valence-corrected chi connectivity index (χ4v) is 2.58. The SMILES string of the molecule is Br.Br.NC(=NCc1cccc(Cl)c1)SCCCc1cnc[nH]1. The Morgan fingerprint density at radius 1 is 1.36 bits per heavy atom. The highest BCUT2D eigenvalue weighted by Crippen LogP contribution is 2.12. The van der Waals surface area contributed by atoms with Crippen molar-refractivity contribution in [2.24, 2.45) is 10.7 Å². The Morgan fingerprint density at radius 3 is 2.86 bits per heavy atom. The van der Waals surface area contributed by atoms with Crippen molar-refractivity contribution in [3.05, 3.63) is 53.1 Å². The topological polar surface area (TPSA) is 67.1 Å². The monoisotopic (exact) mass is 468 g/mol. The zero-order valence-electron chi connectivity index (χ0n) is 11.9. The summed E-state index contributed by atoms with van der Waals surface area (Å²) >= 11 is 7.50. The number of hydrogen-bond acceptors (Lipinski definition) is 3. The van der Waals surface area contributed by atoms with Crippen molar-refractivity contribution in [3.8, 4) is 0 Å². The minimum Gasteiger partial charge on any atom is -0.379 e. The molecule has 0 fully saturated rings. The number of hydrogen-bond donors (Lipinski definition) is 2. The van der Waals surface area contributed by atoms with Gasteiger partial charge in [-0.15, -0.1) is 34.0 Å². The molecule has 2 rings (SSSR count). The van der Waals surface area contributed by atoms with E-state index in [9.17, 15) is 0 Å². The molecular formula is C14H19Br2ClN4S. The summed E-state index contributed by atoms with van der Waals surface area (Å²) in [7, 11) is 0. The molecule has 0 aliphatic heterocycles. The number of aromatic nitrogens is 2. The first-order valence-corrected chi connectivity index (χ1v) is 7.75. The Balaban J connectivity index is 0.00000220. The number of amidine groups is 1. The predicted molar refractivity (Wildman–Crippen MR) is 107 cm³/mol. The molecule has 3 N–H and O–H groups in total. The number of H-pyrrole nitrogens is 1. The Morgan fingerprint density at radius 2 is 2.18 bits per heavy atom. The molecular weight excluding hydrogens is 452 g/mol. The third-order valence-corrected chi connectivity index (χ3v) is 3.85. The highest BCUT2D eigenvalue weighted by Gasteiger charge is 1.98. The van der Waals surface area contributed by atoms with Gasteiger partial charge in [0, 0.05) is 22.7 Å². The van der Waals surface area contributed by atoms with E-state index in [-0.39, 0.29) is 34.0 Å². The summed E-state index contributed by atoms with van der Waals surface area (Å²) in [6, 6.07) is 7.66. The lowest BCUT2D eigenvalue weighted by Gasteiger charge is -2.02. The second-order valence-electron chi connectivity index (χ2n) is 4.31. The summed E-state index contributed by atoms with van der Waals surface area (Å²) in [5.41, 5.74) is 8.10. The van der Waals surface area contributed by atoms with Crippen molar-refractivity contribution in [3.63, 3.8) is 0 Å². The van der Waals surface area contributed by atoms with Crippen LogP contribution in [-0.4, -0.2) is 20.9 Å². The van der Waals surface area contributed by atoms with Crippen LogP contribution >= 0.6 is 57.3 Å². The second-order valence-corrected chi connectivity index (χ2v) is 5.86. The minimum atomic E-state index is 0. The van der Waals surface area contributed by atoms with Crippen molar-refractivity contribution < 1.29 is 0 Å². The van der Waals surface area contributed by atoms with Gasteiger partial charge in [-0.25, -0.2) is 4.98 Å². The molecule has 2 aromatic rings. The number of nitrogens with zero attached hydrogens (tertiary/aromatic N) is 2. The van der Waals surface area contributed by atoms with Crippen molar-refractivity contribution in [2.75, 3.05) is 5.75 Å². The van der Waals surface area contributed by atoms with Crippen LogP contribution in [-0.2, 0) is 13.0 Å². The smallest absolute Gasteiger partial charge is 0.154 e. The standard InChI is InChI=1S/C14H17ClN4S.2BrH/c15-12-4-1-3-11(7-12)8-18-14(16)20-6-2-5-13-9-17-10-19-13;;/h1,3-4,7,9-10H,2,5-6,8H2,(H2,16,18)(H,17,19);2*1H. The van der Waals surface area contributed by atoms with E-state index in [0.29, 0.717) is 11.7 Å². The molecule has 0 saturated heterocycles. The lowest BCUT2D eigenvalue weighted by Crippen LogP contribution is -2.08. The first kappa shape index (κ1) is 21.5. The van der Waals surface area contributed by atoms with Gasteiger partial charge in [0.05, 0.1) is 12.9 Å². The number of halogens is 3. The average molecular weight is 471 g/mol. The molecule has 8 heteroatoms. The zero-order chi connectivity index (χ0) is 14.2. The molecule has 22 heavy (non-hydrogen) atoms. The zero-order valence-corrected chi connectivity index (χ0v) is 16.9. The second kappa shape index (κ2) is 12.0. The van der Waals surface area contributed by atoms with E-state index < -0.39 is 0 Å². The normalized spacial score (nSPS) is 10.7.